The Labute approximate surface area is 176 Å². The number of benzene rings is 1. The number of nitrogens with one attached hydrogen (secondary N) is 1. The fourth-order valence-corrected chi connectivity index (χ4v) is 3.63. The van der Waals surface area contributed by atoms with Crippen molar-refractivity contribution < 1.29 is 9.84 Å². The number of aliphatic hydroxyl groups is 1. The molecule has 1 aromatic heterocycles. The van der Waals surface area contributed by atoms with Crippen molar-refractivity contribution in [2.45, 2.75) is 19.3 Å². The van der Waals surface area contributed by atoms with Gasteiger partial charge in [0.25, 0.3) is 0 Å². The number of aromatic nitrogens is 2. The van der Waals surface area contributed by atoms with Crippen LogP contribution in [-0.4, -0.2) is 48.5 Å². The molecule has 0 unspecified atom stereocenters. The van der Waals surface area contributed by atoms with E-state index in [2.05, 4.69) is 46.2 Å². The Morgan fingerprint density at radius 3 is 2.53 bits per heavy atom. The molecule has 8 heteroatoms. The normalized spacial score (nSPS) is 15.5. The lowest BCUT2D eigenvalue weighted by molar-refractivity contribution is 0.0992. The number of aliphatic hydroxyl groups excluding tert-OH is 1. The Bertz CT molecular complexity index is 1050. The van der Waals surface area contributed by atoms with E-state index < -0.39 is 0 Å². The molecule has 2 N–H and O–H groups in total. The number of nitrogens with zero attached hydrogens (tertiary/aromatic N) is 5. The maximum atomic E-state index is 9.40. The smallest absolute Gasteiger partial charge is 0.179 e. The van der Waals surface area contributed by atoms with Gasteiger partial charge in [0.05, 0.1) is 19.8 Å². The van der Waals surface area contributed by atoms with Crippen LogP contribution in [0, 0.1) is 22.7 Å². The molecule has 2 heterocycles. The minimum Gasteiger partial charge on any atom is -0.394 e. The van der Waals surface area contributed by atoms with Crippen molar-refractivity contribution in [3.05, 3.63) is 52.6 Å². The van der Waals surface area contributed by atoms with Gasteiger partial charge < -0.3 is 20.1 Å². The molecule has 0 saturated carbocycles. The van der Waals surface area contributed by atoms with Gasteiger partial charge in [0.15, 0.2) is 17.2 Å². The molecule has 0 radical (unpaired) electrons. The third-order valence-corrected chi connectivity index (χ3v) is 5.12. The molecule has 0 atom stereocenters. The number of para-hydroxylation sites is 1. The summed E-state index contributed by atoms with van der Waals surface area (Å²) in [5.74, 6) is 0.408. The van der Waals surface area contributed by atoms with E-state index >= 15 is 0 Å². The number of rotatable bonds is 7. The van der Waals surface area contributed by atoms with Crippen LogP contribution in [0.1, 0.15) is 36.5 Å². The SMILES string of the molecule is CN1/C(=C\c2nc(C#N)c(C#N)nc2NCCOCCO)C(C)(C)c2ccccc21. The summed E-state index contributed by atoms with van der Waals surface area (Å²) in [6.45, 7) is 5.25. The van der Waals surface area contributed by atoms with Crippen LogP contribution in [0.2, 0.25) is 0 Å². The summed E-state index contributed by atoms with van der Waals surface area (Å²) < 4.78 is 5.27. The second kappa shape index (κ2) is 8.91. The predicted molar refractivity (Wildman–Crippen MR) is 114 cm³/mol. The quantitative estimate of drug-likeness (QED) is 0.676. The lowest BCUT2D eigenvalue weighted by Crippen LogP contribution is -2.23. The maximum Gasteiger partial charge on any atom is 0.179 e. The van der Waals surface area contributed by atoms with E-state index in [1.165, 1.54) is 5.56 Å². The summed E-state index contributed by atoms with van der Waals surface area (Å²) >= 11 is 0. The second-order valence-electron chi connectivity index (χ2n) is 7.37. The number of anilines is 2. The molecule has 1 aromatic carbocycles. The molecule has 0 amide bonds. The topological polar surface area (TPSA) is 118 Å². The van der Waals surface area contributed by atoms with Gasteiger partial charge in [0.1, 0.15) is 17.8 Å². The molecule has 1 aliphatic rings. The first-order valence-corrected chi connectivity index (χ1v) is 9.64. The van der Waals surface area contributed by atoms with Crippen molar-refractivity contribution in [3.63, 3.8) is 0 Å². The Kier molecular flexibility index (Phi) is 6.31. The van der Waals surface area contributed by atoms with Gasteiger partial charge in [0.2, 0.25) is 0 Å². The van der Waals surface area contributed by atoms with Crippen LogP contribution in [0.3, 0.4) is 0 Å². The van der Waals surface area contributed by atoms with Gasteiger partial charge in [0, 0.05) is 30.4 Å². The van der Waals surface area contributed by atoms with Crippen LogP contribution in [-0.2, 0) is 10.2 Å². The van der Waals surface area contributed by atoms with Crippen molar-refractivity contribution in [2.24, 2.45) is 0 Å². The monoisotopic (exact) mass is 404 g/mol. The molecule has 0 fully saturated rings. The van der Waals surface area contributed by atoms with E-state index in [0.717, 1.165) is 11.4 Å². The first-order chi connectivity index (χ1) is 14.4. The van der Waals surface area contributed by atoms with Crippen molar-refractivity contribution in [3.8, 4) is 12.1 Å². The van der Waals surface area contributed by atoms with Crippen LogP contribution in [0.5, 0.6) is 0 Å². The molecule has 0 bridgehead atoms. The third-order valence-electron chi connectivity index (χ3n) is 5.12. The van der Waals surface area contributed by atoms with Crippen LogP contribution >= 0.6 is 0 Å². The fourth-order valence-electron chi connectivity index (χ4n) is 3.63. The largest absolute Gasteiger partial charge is 0.394 e. The first kappa shape index (κ1) is 21.3. The average Bonchev–Trinajstić information content (AvgIpc) is 2.94. The van der Waals surface area contributed by atoms with Gasteiger partial charge in [-0.3, -0.25) is 0 Å². The summed E-state index contributed by atoms with van der Waals surface area (Å²) in [7, 11) is 2.00. The van der Waals surface area contributed by atoms with Crippen LogP contribution in [0.15, 0.2) is 30.0 Å². The molecule has 154 valence electrons. The zero-order valence-electron chi connectivity index (χ0n) is 17.3. The maximum absolute atomic E-state index is 9.40. The number of likely N-dealkylation sites (N-methyl/N-ethyl adjacent to an activating group) is 1. The molecule has 8 nitrogen and oxygen atoms in total. The molecule has 0 spiro atoms. The second-order valence-corrected chi connectivity index (χ2v) is 7.37. The van der Waals surface area contributed by atoms with Gasteiger partial charge in [-0.1, -0.05) is 32.0 Å². The zero-order chi connectivity index (χ0) is 21.7. The van der Waals surface area contributed by atoms with Gasteiger partial charge in [-0.2, -0.15) is 10.5 Å². The molecular formula is C22H24N6O2. The first-order valence-electron chi connectivity index (χ1n) is 9.64. The summed E-state index contributed by atoms with van der Waals surface area (Å²) in [4.78, 5) is 10.8. The van der Waals surface area contributed by atoms with E-state index in [9.17, 15) is 10.5 Å². The Morgan fingerprint density at radius 2 is 1.87 bits per heavy atom. The van der Waals surface area contributed by atoms with Crippen LogP contribution in [0.4, 0.5) is 11.5 Å². The summed E-state index contributed by atoms with van der Waals surface area (Å²) in [5, 5.41) is 30.7. The van der Waals surface area contributed by atoms with Crippen molar-refractivity contribution in [1.82, 2.24) is 9.97 Å². The predicted octanol–water partition coefficient (Wildman–Crippen LogP) is 2.41. The lowest BCUT2D eigenvalue weighted by Gasteiger charge is -2.24. The molecular weight excluding hydrogens is 380 g/mol. The number of nitriles is 2. The minimum atomic E-state index is -0.269. The van der Waals surface area contributed by atoms with E-state index in [1.807, 2.05) is 37.4 Å². The third kappa shape index (κ3) is 3.97. The van der Waals surface area contributed by atoms with Gasteiger partial charge in [-0.05, 0) is 17.7 Å². The standard InChI is InChI=1S/C22H24N6O2/c1-22(2)15-6-4-5-7-19(15)28(3)20(22)12-16-21(25-8-10-30-11-9-29)27-18(14-24)17(13-23)26-16/h4-7,12,29H,8-11H2,1-3H3,(H,25,27)/b20-12-. The summed E-state index contributed by atoms with van der Waals surface area (Å²) in [6.07, 6.45) is 1.91. The number of hydrogen-bond donors (Lipinski definition) is 2. The van der Waals surface area contributed by atoms with E-state index in [4.69, 9.17) is 9.84 Å². The Morgan fingerprint density at radius 1 is 1.17 bits per heavy atom. The van der Waals surface area contributed by atoms with E-state index in [-0.39, 0.29) is 30.0 Å². The van der Waals surface area contributed by atoms with Crippen molar-refractivity contribution in [1.29, 1.82) is 10.5 Å². The molecule has 2 aromatic rings. The highest BCUT2D eigenvalue weighted by molar-refractivity contribution is 5.77. The molecule has 3 rings (SSSR count). The van der Waals surface area contributed by atoms with Gasteiger partial charge in [-0.25, -0.2) is 9.97 Å². The number of hydrogen-bond acceptors (Lipinski definition) is 8. The lowest BCUT2D eigenvalue weighted by atomic mass is 9.83. The van der Waals surface area contributed by atoms with E-state index in [1.54, 1.807) is 0 Å². The molecule has 1 aliphatic heterocycles. The molecule has 30 heavy (non-hydrogen) atoms. The summed E-state index contributed by atoms with van der Waals surface area (Å²) in [5.41, 5.74) is 3.50. The average molecular weight is 404 g/mol. The Balaban J connectivity index is 2.02. The molecule has 0 saturated heterocycles. The minimum absolute atomic E-state index is 0.0117. The Hall–Kier alpha value is -3.46. The van der Waals surface area contributed by atoms with E-state index in [0.29, 0.717) is 24.7 Å². The highest BCUT2D eigenvalue weighted by Gasteiger charge is 2.38. The van der Waals surface area contributed by atoms with Crippen molar-refractivity contribution in [2.75, 3.05) is 43.6 Å². The number of allylic oxidation sites excluding steroid dienone is 1. The van der Waals surface area contributed by atoms with Crippen molar-refractivity contribution >= 4 is 17.6 Å². The number of ether oxygens (including phenoxy) is 1. The van der Waals surface area contributed by atoms with Gasteiger partial charge in [-0.15, -0.1) is 0 Å². The van der Waals surface area contributed by atoms with Gasteiger partial charge >= 0.3 is 0 Å². The summed E-state index contributed by atoms with van der Waals surface area (Å²) in [6, 6.07) is 12.1. The molecule has 0 aliphatic carbocycles. The highest BCUT2D eigenvalue weighted by atomic mass is 16.5. The zero-order valence-corrected chi connectivity index (χ0v) is 17.3. The number of fused-ring (bicyclic) bond motifs is 1. The van der Waals surface area contributed by atoms with Crippen LogP contribution in [0.25, 0.3) is 6.08 Å². The van der Waals surface area contributed by atoms with Crippen LogP contribution < -0.4 is 10.2 Å². The fraction of sp³-hybridized carbons (Fsp3) is 0.364. The highest BCUT2D eigenvalue weighted by Crippen LogP contribution is 2.47.